The van der Waals surface area contributed by atoms with Crippen molar-refractivity contribution in [2.45, 2.75) is 20.8 Å². The van der Waals surface area contributed by atoms with Crippen LogP contribution in [0.5, 0.6) is 0 Å². The van der Waals surface area contributed by atoms with Gasteiger partial charge in [-0.15, -0.1) is 0 Å². The number of nitrogens with zero attached hydrogens (tertiary/aromatic N) is 2. The molecule has 0 saturated carbocycles. The molecule has 100 valence electrons. The fourth-order valence-corrected chi connectivity index (χ4v) is 1.99. The molecule has 0 spiro atoms. The summed E-state index contributed by atoms with van der Waals surface area (Å²) < 4.78 is 0.934. The zero-order chi connectivity index (χ0) is 13.7. The van der Waals surface area contributed by atoms with Crippen molar-refractivity contribution in [3.8, 4) is 0 Å². The highest BCUT2D eigenvalue weighted by molar-refractivity contribution is 9.10. The van der Waals surface area contributed by atoms with Crippen LogP contribution in [0.1, 0.15) is 19.4 Å². The standard InChI is InChI=1S/C13H20BrN3O/c1-9(2)7-16-11(18)8-17(4)13-12(14)10(3)5-6-15-13/h5-6,9H,7-8H2,1-4H3,(H,16,18). The second-order valence-corrected chi connectivity index (χ2v) is 5.61. The first-order chi connectivity index (χ1) is 8.41. The predicted molar refractivity (Wildman–Crippen MR) is 77.8 cm³/mol. The zero-order valence-electron chi connectivity index (χ0n) is 11.3. The molecule has 0 saturated heterocycles. The molecule has 0 radical (unpaired) electrons. The van der Waals surface area contributed by atoms with Gasteiger partial charge in [-0.25, -0.2) is 4.98 Å². The first kappa shape index (κ1) is 15.0. The van der Waals surface area contributed by atoms with E-state index in [1.807, 2.05) is 24.9 Å². The lowest BCUT2D eigenvalue weighted by molar-refractivity contribution is -0.119. The molecule has 18 heavy (non-hydrogen) atoms. The van der Waals surface area contributed by atoms with Gasteiger partial charge in [-0.2, -0.15) is 0 Å². The number of aryl methyl sites for hydroxylation is 1. The van der Waals surface area contributed by atoms with Gasteiger partial charge in [0.25, 0.3) is 0 Å². The summed E-state index contributed by atoms with van der Waals surface area (Å²) in [4.78, 5) is 17.9. The van der Waals surface area contributed by atoms with Gasteiger partial charge in [0, 0.05) is 19.8 Å². The molecule has 0 aliphatic rings. The number of anilines is 1. The highest BCUT2D eigenvalue weighted by Gasteiger charge is 2.12. The molecule has 1 heterocycles. The van der Waals surface area contributed by atoms with Crippen LogP contribution in [0.15, 0.2) is 16.7 Å². The van der Waals surface area contributed by atoms with Crippen LogP contribution < -0.4 is 10.2 Å². The largest absolute Gasteiger partial charge is 0.354 e. The number of nitrogens with one attached hydrogen (secondary N) is 1. The van der Waals surface area contributed by atoms with Crippen LogP contribution in [0.3, 0.4) is 0 Å². The van der Waals surface area contributed by atoms with Crippen LogP contribution in [-0.4, -0.2) is 31.0 Å². The van der Waals surface area contributed by atoms with Crippen LogP contribution in [0, 0.1) is 12.8 Å². The van der Waals surface area contributed by atoms with Gasteiger partial charge in [-0.1, -0.05) is 13.8 Å². The number of halogens is 1. The first-order valence-electron chi connectivity index (χ1n) is 6.00. The van der Waals surface area contributed by atoms with Gasteiger partial charge < -0.3 is 10.2 Å². The highest BCUT2D eigenvalue weighted by Crippen LogP contribution is 2.25. The van der Waals surface area contributed by atoms with Crippen molar-refractivity contribution in [2.75, 3.05) is 25.0 Å². The molecule has 1 N–H and O–H groups in total. The number of aromatic nitrogens is 1. The van der Waals surface area contributed by atoms with Crippen molar-refractivity contribution in [2.24, 2.45) is 5.92 Å². The molecule has 0 unspecified atom stereocenters. The van der Waals surface area contributed by atoms with Crippen LogP contribution >= 0.6 is 15.9 Å². The Balaban J connectivity index is 2.62. The third-order valence-electron chi connectivity index (χ3n) is 2.51. The van der Waals surface area contributed by atoms with E-state index < -0.39 is 0 Å². The number of hydrogen-bond donors (Lipinski definition) is 1. The number of carbonyl (C=O) groups is 1. The molecule has 0 bridgehead atoms. The maximum atomic E-state index is 11.7. The number of carbonyl (C=O) groups excluding carboxylic acids is 1. The summed E-state index contributed by atoms with van der Waals surface area (Å²) in [5, 5.41) is 2.89. The second kappa shape index (κ2) is 6.73. The Morgan fingerprint density at radius 3 is 2.83 bits per heavy atom. The summed E-state index contributed by atoms with van der Waals surface area (Å²) in [5.41, 5.74) is 1.11. The van der Waals surface area contributed by atoms with Crippen LogP contribution in [-0.2, 0) is 4.79 Å². The van der Waals surface area contributed by atoms with Gasteiger partial charge in [0.05, 0.1) is 11.0 Å². The molecule has 0 aromatic carbocycles. The number of hydrogen-bond acceptors (Lipinski definition) is 3. The number of amides is 1. The molecular formula is C13H20BrN3O. The number of likely N-dealkylation sites (N-methyl/N-ethyl adjacent to an activating group) is 1. The van der Waals surface area contributed by atoms with E-state index in [2.05, 4.69) is 40.1 Å². The smallest absolute Gasteiger partial charge is 0.239 e. The van der Waals surface area contributed by atoms with E-state index in [1.165, 1.54) is 0 Å². The van der Waals surface area contributed by atoms with Crippen molar-refractivity contribution in [1.82, 2.24) is 10.3 Å². The van der Waals surface area contributed by atoms with Gasteiger partial charge in [-0.05, 0) is 40.4 Å². The number of pyridine rings is 1. The Bertz CT molecular complexity index is 421. The SMILES string of the molecule is Cc1ccnc(N(C)CC(=O)NCC(C)C)c1Br. The molecule has 1 aromatic heterocycles. The summed E-state index contributed by atoms with van der Waals surface area (Å²) in [7, 11) is 1.86. The minimum atomic E-state index is 0.0152. The Labute approximate surface area is 117 Å². The Morgan fingerprint density at radius 2 is 2.22 bits per heavy atom. The zero-order valence-corrected chi connectivity index (χ0v) is 12.9. The lowest BCUT2D eigenvalue weighted by atomic mass is 10.2. The average molecular weight is 314 g/mol. The molecule has 1 amide bonds. The summed E-state index contributed by atoms with van der Waals surface area (Å²) in [6.07, 6.45) is 1.75. The normalized spacial score (nSPS) is 10.6. The van der Waals surface area contributed by atoms with Crippen LogP contribution in [0.4, 0.5) is 5.82 Å². The van der Waals surface area contributed by atoms with Gasteiger partial charge in [0.15, 0.2) is 0 Å². The average Bonchev–Trinajstić information content (AvgIpc) is 2.30. The summed E-state index contributed by atoms with van der Waals surface area (Å²) in [6.45, 7) is 7.16. The van der Waals surface area contributed by atoms with Gasteiger partial charge in [-0.3, -0.25) is 4.79 Å². The molecule has 0 aliphatic heterocycles. The third-order valence-corrected chi connectivity index (χ3v) is 3.49. The van der Waals surface area contributed by atoms with E-state index >= 15 is 0 Å². The van der Waals surface area contributed by atoms with Crippen molar-refractivity contribution in [1.29, 1.82) is 0 Å². The third kappa shape index (κ3) is 4.29. The van der Waals surface area contributed by atoms with E-state index in [4.69, 9.17) is 0 Å². The number of rotatable bonds is 5. The monoisotopic (exact) mass is 313 g/mol. The van der Waals surface area contributed by atoms with Crippen LogP contribution in [0.25, 0.3) is 0 Å². The van der Waals surface area contributed by atoms with E-state index in [-0.39, 0.29) is 5.91 Å². The van der Waals surface area contributed by atoms with Crippen molar-refractivity contribution < 1.29 is 4.79 Å². The van der Waals surface area contributed by atoms with E-state index in [0.717, 1.165) is 15.9 Å². The van der Waals surface area contributed by atoms with E-state index in [0.29, 0.717) is 19.0 Å². The molecule has 1 aromatic rings. The lowest BCUT2D eigenvalue weighted by Gasteiger charge is -2.20. The van der Waals surface area contributed by atoms with Gasteiger partial charge >= 0.3 is 0 Å². The van der Waals surface area contributed by atoms with Crippen molar-refractivity contribution in [3.05, 3.63) is 22.3 Å². The van der Waals surface area contributed by atoms with Crippen LogP contribution in [0.2, 0.25) is 0 Å². The molecule has 5 heteroatoms. The molecule has 4 nitrogen and oxygen atoms in total. The predicted octanol–water partition coefficient (Wildman–Crippen LogP) is 2.36. The minimum absolute atomic E-state index is 0.0152. The lowest BCUT2D eigenvalue weighted by Crippen LogP contribution is -2.37. The Kier molecular flexibility index (Phi) is 5.59. The summed E-state index contributed by atoms with van der Waals surface area (Å²) in [6, 6.07) is 1.93. The summed E-state index contributed by atoms with van der Waals surface area (Å²) >= 11 is 3.50. The van der Waals surface area contributed by atoms with Crippen molar-refractivity contribution in [3.63, 3.8) is 0 Å². The topological polar surface area (TPSA) is 45.2 Å². The molecule has 1 rings (SSSR count). The fourth-order valence-electron chi connectivity index (χ4n) is 1.46. The minimum Gasteiger partial charge on any atom is -0.354 e. The Morgan fingerprint density at radius 1 is 1.56 bits per heavy atom. The summed E-state index contributed by atoms with van der Waals surface area (Å²) in [5.74, 6) is 1.26. The highest BCUT2D eigenvalue weighted by atomic mass is 79.9. The molecule has 0 atom stereocenters. The Hall–Kier alpha value is -1.10. The maximum Gasteiger partial charge on any atom is 0.239 e. The second-order valence-electron chi connectivity index (χ2n) is 4.82. The van der Waals surface area contributed by atoms with Gasteiger partial charge in [0.1, 0.15) is 5.82 Å². The fraction of sp³-hybridized carbons (Fsp3) is 0.538. The molecule has 0 aliphatic carbocycles. The van der Waals surface area contributed by atoms with E-state index in [1.54, 1.807) is 6.20 Å². The van der Waals surface area contributed by atoms with E-state index in [9.17, 15) is 4.79 Å². The first-order valence-corrected chi connectivity index (χ1v) is 6.80. The van der Waals surface area contributed by atoms with Crippen molar-refractivity contribution >= 4 is 27.7 Å². The molecular weight excluding hydrogens is 294 g/mol. The quantitative estimate of drug-likeness (QED) is 0.907. The van der Waals surface area contributed by atoms with Gasteiger partial charge in [0.2, 0.25) is 5.91 Å². The molecule has 0 fully saturated rings. The maximum absolute atomic E-state index is 11.7.